The number of benzene rings is 2. The molecule has 0 spiro atoms. The van der Waals surface area contributed by atoms with Crippen LogP contribution in [0.3, 0.4) is 0 Å². The summed E-state index contributed by atoms with van der Waals surface area (Å²) in [7, 11) is 0. The molecule has 0 aliphatic heterocycles. The van der Waals surface area contributed by atoms with Crippen LogP contribution in [0.15, 0.2) is 46.0 Å². The van der Waals surface area contributed by atoms with Crippen LogP contribution >= 0.6 is 11.5 Å². The summed E-state index contributed by atoms with van der Waals surface area (Å²) in [6.07, 6.45) is 0. The molecule has 0 fully saturated rings. The van der Waals surface area contributed by atoms with Crippen molar-refractivity contribution in [3.63, 3.8) is 0 Å². The van der Waals surface area contributed by atoms with Crippen LogP contribution in [-0.2, 0) is 0 Å². The van der Waals surface area contributed by atoms with Gasteiger partial charge in [0.25, 0.3) is 11.1 Å². The minimum Gasteiger partial charge on any atom is -0.268 e. The van der Waals surface area contributed by atoms with Gasteiger partial charge in [0, 0.05) is 0 Å². The van der Waals surface area contributed by atoms with Gasteiger partial charge in [-0.2, -0.15) is 3.79 Å². The van der Waals surface area contributed by atoms with E-state index in [9.17, 15) is 9.59 Å². The van der Waals surface area contributed by atoms with Crippen LogP contribution in [0.4, 0.5) is 0 Å². The first-order valence-electron chi connectivity index (χ1n) is 7.78. The molecule has 0 saturated carbocycles. The highest BCUT2D eigenvalue weighted by Crippen LogP contribution is 2.18. The van der Waals surface area contributed by atoms with Crippen LogP contribution < -0.4 is 11.1 Å². The Morgan fingerprint density at radius 3 is 2.12 bits per heavy atom. The van der Waals surface area contributed by atoms with E-state index in [1.54, 1.807) is 6.07 Å². The topological polar surface area (TPSA) is 68.7 Å². The average molecular weight is 348 g/mol. The van der Waals surface area contributed by atoms with Crippen LogP contribution in [0.25, 0.3) is 32.5 Å². The van der Waals surface area contributed by atoms with E-state index in [0.717, 1.165) is 22.7 Å². The van der Waals surface area contributed by atoms with Gasteiger partial charge < -0.3 is 0 Å². The van der Waals surface area contributed by atoms with Crippen LogP contribution in [0.1, 0.15) is 11.1 Å². The van der Waals surface area contributed by atoms with Gasteiger partial charge in [-0.1, -0.05) is 23.3 Å². The highest BCUT2D eigenvalue weighted by molar-refractivity contribution is 7.12. The molecule has 122 valence electrons. The van der Waals surface area contributed by atoms with E-state index in [4.69, 9.17) is 0 Å². The molecule has 0 bridgehead atoms. The van der Waals surface area contributed by atoms with Crippen molar-refractivity contribution in [3.05, 3.63) is 68.2 Å². The molecule has 0 aliphatic carbocycles. The maximum atomic E-state index is 13.0. The van der Waals surface area contributed by atoms with Crippen molar-refractivity contribution < 1.29 is 0 Å². The number of nitrogens with zero attached hydrogens (tertiary/aromatic N) is 4. The van der Waals surface area contributed by atoms with Crippen molar-refractivity contribution in [2.45, 2.75) is 13.8 Å². The SMILES string of the molecule is Cc1ccc2nc3n(sc4nc5ccc(C)cc5c(=O)n43)c(=O)c2c1. The molecule has 25 heavy (non-hydrogen) atoms. The molecular weight excluding hydrogens is 336 g/mol. The Bertz CT molecular complexity index is 1460. The number of aromatic nitrogens is 4. The van der Waals surface area contributed by atoms with Gasteiger partial charge in [-0.25, -0.2) is 14.4 Å². The van der Waals surface area contributed by atoms with E-state index in [-0.39, 0.29) is 11.1 Å². The standard InChI is InChI=1S/C18H12N4O2S/c1-9-4-6-14-11(7-9)15(23)21-17-19-13-5-3-10(2)8-12(13)16(24)22(17)25-18(21)20-14/h3-8H,1-2H3. The van der Waals surface area contributed by atoms with E-state index in [2.05, 4.69) is 9.97 Å². The minimum atomic E-state index is -0.208. The maximum absolute atomic E-state index is 13.0. The Labute approximate surface area is 144 Å². The van der Waals surface area contributed by atoms with Gasteiger partial charge in [0.2, 0.25) is 10.7 Å². The maximum Gasteiger partial charge on any atom is 0.276 e. The fourth-order valence-corrected chi connectivity index (χ4v) is 4.03. The molecule has 0 unspecified atom stereocenters. The summed E-state index contributed by atoms with van der Waals surface area (Å²) >= 11 is 1.14. The van der Waals surface area contributed by atoms with Gasteiger partial charge in [-0.3, -0.25) is 9.59 Å². The number of hydrogen-bond acceptors (Lipinski definition) is 5. The van der Waals surface area contributed by atoms with Gasteiger partial charge >= 0.3 is 0 Å². The third-order valence-corrected chi connectivity index (χ3v) is 5.28. The van der Waals surface area contributed by atoms with E-state index >= 15 is 0 Å². The Morgan fingerprint density at radius 1 is 0.840 bits per heavy atom. The van der Waals surface area contributed by atoms with E-state index < -0.39 is 0 Å². The Kier molecular flexibility index (Phi) is 2.71. The second-order valence-corrected chi connectivity index (χ2v) is 7.09. The monoisotopic (exact) mass is 348 g/mol. The number of aryl methyl sites for hydroxylation is 2. The molecule has 3 aromatic heterocycles. The zero-order valence-corrected chi connectivity index (χ0v) is 14.3. The van der Waals surface area contributed by atoms with Gasteiger partial charge in [0.05, 0.1) is 21.8 Å². The van der Waals surface area contributed by atoms with Gasteiger partial charge in [0.1, 0.15) is 0 Å². The van der Waals surface area contributed by atoms with Crippen LogP contribution in [0, 0.1) is 13.8 Å². The van der Waals surface area contributed by atoms with E-state index in [1.165, 1.54) is 8.19 Å². The average Bonchev–Trinajstić information content (AvgIpc) is 2.95. The molecule has 0 radical (unpaired) electrons. The molecular formula is C18H12N4O2S. The summed E-state index contributed by atoms with van der Waals surface area (Å²) < 4.78 is 2.87. The molecule has 5 aromatic rings. The molecule has 5 rings (SSSR count). The number of fused-ring (bicyclic) bond motifs is 5. The first-order chi connectivity index (χ1) is 12.0. The third-order valence-electron chi connectivity index (χ3n) is 4.33. The summed E-state index contributed by atoms with van der Waals surface area (Å²) in [5.74, 6) is 0.308. The fourth-order valence-electron chi connectivity index (χ4n) is 3.09. The molecule has 6 nitrogen and oxygen atoms in total. The Hall–Kier alpha value is -3.06. The summed E-state index contributed by atoms with van der Waals surface area (Å²) in [4.78, 5) is 35.4. The van der Waals surface area contributed by atoms with E-state index in [0.29, 0.717) is 32.5 Å². The second kappa shape index (κ2) is 4.73. The van der Waals surface area contributed by atoms with Crippen LogP contribution in [0.2, 0.25) is 0 Å². The largest absolute Gasteiger partial charge is 0.276 e. The lowest BCUT2D eigenvalue weighted by molar-refractivity contribution is 1.06. The highest BCUT2D eigenvalue weighted by atomic mass is 32.1. The predicted molar refractivity (Wildman–Crippen MR) is 98.8 cm³/mol. The lowest BCUT2D eigenvalue weighted by Gasteiger charge is -2.01. The summed E-state index contributed by atoms with van der Waals surface area (Å²) in [6.45, 7) is 3.86. The van der Waals surface area contributed by atoms with Crippen molar-refractivity contribution in [3.8, 4) is 0 Å². The van der Waals surface area contributed by atoms with Gasteiger partial charge in [0.15, 0.2) is 0 Å². The van der Waals surface area contributed by atoms with Gasteiger partial charge in [-0.05, 0) is 49.6 Å². The smallest absolute Gasteiger partial charge is 0.268 e. The Morgan fingerprint density at radius 2 is 1.44 bits per heavy atom. The second-order valence-electron chi connectivity index (χ2n) is 6.18. The zero-order valence-electron chi connectivity index (χ0n) is 13.5. The van der Waals surface area contributed by atoms with Crippen molar-refractivity contribution in [1.29, 1.82) is 0 Å². The third kappa shape index (κ3) is 1.90. The molecule has 7 heteroatoms. The molecule has 0 amide bonds. The quantitative estimate of drug-likeness (QED) is 0.431. The first kappa shape index (κ1) is 14.3. The summed E-state index contributed by atoms with van der Waals surface area (Å²) in [6, 6.07) is 11.1. The highest BCUT2D eigenvalue weighted by Gasteiger charge is 2.16. The Balaban J connectivity index is 2.08. The molecule has 0 aliphatic rings. The number of rotatable bonds is 0. The molecule has 0 atom stereocenters. The zero-order chi connectivity index (χ0) is 17.3. The van der Waals surface area contributed by atoms with Gasteiger partial charge in [-0.15, -0.1) is 0 Å². The first-order valence-corrected chi connectivity index (χ1v) is 8.56. The van der Waals surface area contributed by atoms with Crippen LogP contribution in [-0.4, -0.2) is 18.2 Å². The van der Waals surface area contributed by atoms with Crippen molar-refractivity contribution in [1.82, 2.24) is 18.2 Å². The summed E-state index contributed by atoms with van der Waals surface area (Å²) in [5, 5.41) is 1.06. The normalized spacial score (nSPS) is 11.9. The lowest BCUT2D eigenvalue weighted by Crippen LogP contribution is -2.18. The predicted octanol–water partition coefficient (Wildman–Crippen LogP) is 2.69. The van der Waals surface area contributed by atoms with Crippen molar-refractivity contribution in [2.24, 2.45) is 0 Å². The molecule has 2 aromatic carbocycles. The fraction of sp³-hybridized carbons (Fsp3) is 0.111. The molecule has 0 N–H and O–H groups in total. The van der Waals surface area contributed by atoms with Crippen LogP contribution in [0.5, 0.6) is 0 Å². The summed E-state index contributed by atoms with van der Waals surface area (Å²) in [5.41, 5.74) is 2.78. The number of hydrogen-bond donors (Lipinski definition) is 0. The minimum absolute atomic E-state index is 0.182. The van der Waals surface area contributed by atoms with Crippen molar-refractivity contribution in [2.75, 3.05) is 0 Å². The molecule has 0 saturated heterocycles. The van der Waals surface area contributed by atoms with E-state index in [1.807, 2.05) is 44.2 Å². The molecule has 3 heterocycles. The van der Waals surface area contributed by atoms with Crippen molar-refractivity contribution >= 4 is 44.1 Å². The lowest BCUT2D eigenvalue weighted by atomic mass is 10.2.